The average molecular weight is 224 g/mol. The lowest BCUT2D eigenvalue weighted by atomic mass is 10.6. The molecule has 0 aliphatic rings. The van der Waals surface area contributed by atoms with Gasteiger partial charge in [-0.1, -0.05) is 0 Å². The quantitative estimate of drug-likeness (QED) is 0.694. The van der Waals surface area contributed by atoms with Crippen molar-refractivity contribution in [1.82, 2.24) is 14.5 Å². The zero-order valence-corrected chi connectivity index (χ0v) is 7.77. The molecule has 0 spiro atoms. The monoisotopic (exact) mass is 223 g/mol. The molecule has 0 amide bonds. The van der Waals surface area contributed by atoms with Gasteiger partial charge >= 0.3 is 0 Å². The summed E-state index contributed by atoms with van der Waals surface area (Å²) >= 11 is 3.21. The van der Waals surface area contributed by atoms with Crippen LogP contribution in [0.15, 0.2) is 41.5 Å². The molecule has 60 valence electrons. The van der Waals surface area contributed by atoms with Crippen LogP contribution in [0.4, 0.5) is 0 Å². The van der Waals surface area contributed by atoms with Gasteiger partial charge in [0.15, 0.2) is 4.73 Å². The SMILES string of the molecule is Brc1nccc(-n2cccc2)n1. The van der Waals surface area contributed by atoms with E-state index in [4.69, 9.17) is 0 Å². The first-order valence-corrected chi connectivity index (χ1v) is 4.27. The van der Waals surface area contributed by atoms with Crippen molar-refractivity contribution in [3.63, 3.8) is 0 Å². The Labute approximate surface area is 78.2 Å². The van der Waals surface area contributed by atoms with Crippen LogP contribution < -0.4 is 0 Å². The maximum atomic E-state index is 4.18. The topological polar surface area (TPSA) is 30.7 Å². The smallest absolute Gasteiger partial charge is 0.198 e. The van der Waals surface area contributed by atoms with Crippen molar-refractivity contribution in [3.8, 4) is 5.82 Å². The second kappa shape index (κ2) is 3.06. The summed E-state index contributed by atoms with van der Waals surface area (Å²) in [7, 11) is 0. The second-order valence-electron chi connectivity index (χ2n) is 2.27. The zero-order valence-electron chi connectivity index (χ0n) is 6.18. The third-order valence-electron chi connectivity index (χ3n) is 1.48. The number of hydrogen-bond acceptors (Lipinski definition) is 2. The van der Waals surface area contributed by atoms with Crippen LogP contribution in [0.5, 0.6) is 0 Å². The lowest BCUT2D eigenvalue weighted by Crippen LogP contribution is -1.94. The Kier molecular flexibility index (Phi) is 1.91. The molecule has 0 aliphatic heterocycles. The van der Waals surface area contributed by atoms with Crippen molar-refractivity contribution in [2.75, 3.05) is 0 Å². The first kappa shape index (κ1) is 7.49. The Bertz CT molecular complexity index is 370. The van der Waals surface area contributed by atoms with E-state index in [0.29, 0.717) is 4.73 Å². The Hall–Kier alpha value is -1.16. The standard InChI is InChI=1S/C8H6BrN3/c9-8-10-4-3-7(11-8)12-5-1-2-6-12/h1-6H. The number of nitrogens with zero attached hydrogens (tertiary/aromatic N) is 3. The third kappa shape index (κ3) is 1.38. The highest BCUT2D eigenvalue weighted by molar-refractivity contribution is 9.10. The van der Waals surface area contributed by atoms with E-state index in [1.807, 2.05) is 35.2 Å². The Morgan fingerprint density at radius 2 is 2.00 bits per heavy atom. The van der Waals surface area contributed by atoms with Crippen molar-refractivity contribution >= 4 is 15.9 Å². The number of rotatable bonds is 1. The lowest BCUT2D eigenvalue weighted by molar-refractivity contribution is 0.964. The van der Waals surface area contributed by atoms with E-state index < -0.39 is 0 Å². The molecule has 2 heterocycles. The van der Waals surface area contributed by atoms with Crippen LogP contribution in [0.1, 0.15) is 0 Å². The van der Waals surface area contributed by atoms with E-state index in [-0.39, 0.29) is 0 Å². The molecule has 3 nitrogen and oxygen atoms in total. The molecular formula is C8H6BrN3. The molecule has 12 heavy (non-hydrogen) atoms. The van der Waals surface area contributed by atoms with Gasteiger partial charge in [-0.05, 0) is 34.1 Å². The van der Waals surface area contributed by atoms with E-state index >= 15 is 0 Å². The average Bonchev–Trinajstić information content (AvgIpc) is 2.56. The predicted molar refractivity (Wildman–Crippen MR) is 49.1 cm³/mol. The number of hydrogen-bond donors (Lipinski definition) is 0. The first-order valence-electron chi connectivity index (χ1n) is 3.48. The summed E-state index contributed by atoms with van der Waals surface area (Å²) < 4.78 is 2.53. The summed E-state index contributed by atoms with van der Waals surface area (Å²) in [6.07, 6.45) is 5.59. The summed E-state index contributed by atoms with van der Waals surface area (Å²) in [5.74, 6) is 0.863. The minimum Gasteiger partial charge on any atom is -0.309 e. The molecule has 0 aliphatic carbocycles. The molecule has 0 radical (unpaired) electrons. The highest BCUT2D eigenvalue weighted by atomic mass is 79.9. The molecule has 2 aromatic rings. The Morgan fingerprint density at radius 3 is 2.67 bits per heavy atom. The van der Waals surface area contributed by atoms with Gasteiger partial charge in [-0.25, -0.2) is 9.97 Å². The zero-order chi connectivity index (χ0) is 8.39. The van der Waals surface area contributed by atoms with Crippen LogP contribution in [-0.4, -0.2) is 14.5 Å². The highest BCUT2D eigenvalue weighted by Gasteiger charge is 1.95. The molecule has 0 saturated carbocycles. The van der Waals surface area contributed by atoms with Gasteiger partial charge in [0.2, 0.25) is 0 Å². The fraction of sp³-hybridized carbons (Fsp3) is 0. The molecule has 0 N–H and O–H groups in total. The Balaban J connectivity index is 2.48. The van der Waals surface area contributed by atoms with E-state index in [0.717, 1.165) is 5.82 Å². The van der Waals surface area contributed by atoms with Crippen LogP contribution in [-0.2, 0) is 0 Å². The molecule has 0 unspecified atom stereocenters. The van der Waals surface area contributed by atoms with Crippen LogP contribution in [0, 0.1) is 0 Å². The van der Waals surface area contributed by atoms with E-state index in [1.54, 1.807) is 6.20 Å². The van der Waals surface area contributed by atoms with Crippen LogP contribution in [0.2, 0.25) is 0 Å². The first-order chi connectivity index (χ1) is 5.86. The van der Waals surface area contributed by atoms with Gasteiger partial charge in [0.05, 0.1) is 0 Å². The van der Waals surface area contributed by atoms with Crippen LogP contribution in [0.25, 0.3) is 5.82 Å². The molecule has 2 aromatic heterocycles. The van der Waals surface area contributed by atoms with Gasteiger partial charge < -0.3 is 4.57 Å². The molecule has 4 heteroatoms. The van der Waals surface area contributed by atoms with Crippen molar-refractivity contribution in [1.29, 1.82) is 0 Å². The maximum absolute atomic E-state index is 4.18. The fourth-order valence-corrected chi connectivity index (χ4v) is 1.26. The van der Waals surface area contributed by atoms with Crippen molar-refractivity contribution in [3.05, 3.63) is 41.5 Å². The van der Waals surface area contributed by atoms with Crippen molar-refractivity contribution in [2.45, 2.75) is 0 Å². The van der Waals surface area contributed by atoms with Crippen LogP contribution >= 0.6 is 15.9 Å². The van der Waals surface area contributed by atoms with Gasteiger partial charge in [-0.3, -0.25) is 0 Å². The molecule has 0 saturated heterocycles. The van der Waals surface area contributed by atoms with Crippen molar-refractivity contribution < 1.29 is 0 Å². The molecule has 0 bridgehead atoms. The van der Waals surface area contributed by atoms with Crippen LogP contribution in [0.3, 0.4) is 0 Å². The molecule has 0 atom stereocenters. The van der Waals surface area contributed by atoms with E-state index in [1.165, 1.54) is 0 Å². The van der Waals surface area contributed by atoms with E-state index in [2.05, 4.69) is 25.9 Å². The molecule has 0 fully saturated rings. The third-order valence-corrected chi connectivity index (χ3v) is 1.86. The largest absolute Gasteiger partial charge is 0.309 e. The van der Waals surface area contributed by atoms with Crippen molar-refractivity contribution in [2.24, 2.45) is 0 Å². The molecule has 0 aromatic carbocycles. The fourth-order valence-electron chi connectivity index (χ4n) is 0.957. The van der Waals surface area contributed by atoms with Gasteiger partial charge in [-0.15, -0.1) is 0 Å². The second-order valence-corrected chi connectivity index (χ2v) is 2.98. The maximum Gasteiger partial charge on any atom is 0.198 e. The minimum atomic E-state index is 0.605. The normalized spacial score (nSPS) is 10.1. The summed E-state index contributed by atoms with van der Waals surface area (Å²) in [4.78, 5) is 8.13. The highest BCUT2D eigenvalue weighted by Crippen LogP contribution is 2.06. The summed E-state index contributed by atoms with van der Waals surface area (Å²) in [5.41, 5.74) is 0. The van der Waals surface area contributed by atoms with Gasteiger partial charge in [-0.2, -0.15) is 0 Å². The summed E-state index contributed by atoms with van der Waals surface area (Å²) in [5, 5.41) is 0. The lowest BCUT2D eigenvalue weighted by Gasteiger charge is -1.99. The molecule has 2 rings (SSSR count). The number of halogens is 1. The minimum absolute atomic E-state index is 0.605. The predicted octanol–water partition coefficient (Wildman–Crippen LogP) is 2.03. The number of aromatic nitrogens is 3. The van der Waals surface area contributed by atoms with Gasteiger partial charge in [0, 0.05) is 18.6 Å². The summed E-state index contributed by atoms with van der Waals surface area (Å²) in [6.45, 7) is 0. The van der Waals surface area contributed by atoms with Gasteiger partial charge in [0.25, 0.3) is 0 Å². The van der Waals surface area contributed by atoms with E-state index in [9.17, 15) is 0 Å². The Morgan fingerprint density at radius 1 is 1.25 bits per heavy atom. The molecular weight excluding hydrogens is 218 g/mol. The summed E-state index contributed by atoms with van der Waals surface area (Å²) in [6, 6.07) is 5.76. The van der Waals surface area contributed by atoms with Gasteiger partial charge in [0.1, 0.15) is 5.82 Å².